The first-order valence-electron chi connectivity index (χ1n) is 6.74. The second kappa shape index (κ2) is 6.07. The van der Waals surface area contributed by atoms with Crippen LogP contribution in [0.15, 0.2) is 34.9 Å². The number of amides is 1. The predicted molar refractivity (Wildman–Crippen MR) is 83.7 cm³/mol. The van der Waals surface area contributed by atoms with Gasteiger partial charge in [0.1, 0.15) is 5.76 Å². The summed E-state index contributed by atoms with van der Waals surface area (Å²) < 4.78 is 9.31. The summed E-state index contributed by atoms with van der Waals surface area (Å²) in [6.07, 6.45) is 0.210. The Hall–Kier alpha value is -2.54. The first-order valence-corrected chi connectivity index (χ1v) is 7.51. The molecule has 6 nitrogen and oxygen atoms in total. The van der Waals surface area contributed by atoms with Gasteiger partial charge in [0.2, 0.25) is 11.0 Å². The Morgan fingerprint density at radius 2 is 2.05 bits per heavy atom. The topological polar surface area (TPSA) is 80.9 Å². The van der Waals surface area contributed by atoms with Gasteiger partial charge in [0.25, 0.3) is 0 Å². The SMILES string of the molecule is Cc1noc(C)c1CC(=O)Nc1nc(-c2ccccc2)ns1. The second-order valence-corrected chi connectivity index (χ2v) is 5.57. The summed E-state index contributed by atoms with van der Waals surface area (Å²) in [4.78, 5) is 16.4. The molecule has 0 saturated carbocycles. The molecule has 1 aromatic carbocycles. The molecule has 7 heteroatoms. The average molecular weight is 314 g/mol. The lowest BCUT2D eigenvalue weighted by Crippen LogP contribution is -2.15. The van der Waals surface area contributed by atoms with Gasteiger partial charge >= 0.3 is 0 Å². The van der Waals surface area contributed by atoms with Crippen LogP contribution in [-0.2, 0) is 11.2 Å². The number of hydrogen-bond acceptors (Lipinski definition) is 6. The zero-order chi connectivity index (χ0) is 15.5. The molecule has 0 atom stereocenters. The van der Waals surface area contributed by atoms with Crippen LogP contribution >= 0.6 is 11.5 Å². The predicted octanol–water partition coefficient (Wildman–Crippen LogP) is 2.99. The number of carbonyl (C=O) groups excluding carboxylic acids is 1. The van der Waals surface area contributed by atoms with Crippen LogP contribution in [0.5, 0.6) is 0 Å². The molecule has 112 valence electrons. The minimum atomic E-state index is -0.162. The molecule has 1 amide bonds. The smallest absolute Gasteiger partial charge is 0.230 e. The van der Waals surface area contributed by atoms with Crippen molar-refractivity contribution in [1.82, 2.24) is 14.5 Å². The Labute approximate surface area is 131 Å². The van der Waals surface area contributed by atoms with E-state index in [1.807, 2.05) is 37.3 Å². The zero-order valence-corrected chi connectivity index (χ0v) is 13.0. The van der Waals surface area contributed by atoms with E-state index in [4.69, 9.17) is 4.52 Å². The molecule has 3 aromatic rings. The maximum atomic E-state index is 12.1. The average Bonchev–Trinajstić information content (AvgIpc) is 3.10. The summed E-state index contributed by atoms with van der Waals surface area (Å²) in [5.74, 6) is 1.11. The number of benzene rings is 1. The Kier molecular flexibility index (Phi) is 3.97. The van der Waals surface area contributed by atoms with Crippen LogP contribution in [0, 0.1) is 13.8 Å². The molecule has 0 bridgehead atoms. The third kappa shape index (κ3) is 3.04. The van der Waals surface area contributed by atoms with E-state index < -0.39 is 0 Å². The lowest BCUT2D eigenvalue weighted by Gasteiger charge is -2.00. The van der Waals surface area contributed by atoms with Gasteiger partial charge in [-0.05, 0) is 13.8 Å². The van der Waals surface area contributed by atoms with Gasteiger partial charge < -0.3 is 9.84 Å². The third-order valence-corrected chi connectivity index (χ3v) is 3.85. The van der Waals surface area contributed by atoms with Crippen molar-refractivity contribution in [2.45, 2.75) is 20.3 Å². The number of aromatic nitrogens is 3. The monoisotopic (exact) mass is 314 g/mol. The number of rotatable bonds is 4. The summed E-state index contributed by atoms with van der Waals surface area (Å²) in [5, 5.41) is 7.08. The lowest BCUT2D eigenvalue weighted by molar-refractivity contribution is -0.115. The van der Waals surface area contributed by atoms with Gasteiger partial charge in [-0.3, -0.25) is 4.79 Å². The Balaban J connectivity index is 1.69. The highest BCUT2D eigenvalue weighted by atomic mass is 32.1. The fourth-order valence-electron chi connectivity index (χ4n) is 2.06. The third-order valence-electron chi connectivity index (χ3n) is 3.22. The van der Waals surface area contributed by atoms with Gasteiger partial charge in [0, 0.05) is 22.7 Å². The highest BCUT2D eigenvalue weighted by molar-refractivity contribution is 7.10. The van der Waals surface area contributed by atoms with Crippen LogP contribution in [0.25, 0.3) is 11.4 Å². The second-order valence-electron chi connectivity index (χ2n) is 4.82. The van der Waals surface area contributed by atoms with E-state index >= 15 is 0 Å². The molecule has 22 heavy (non-hydrogen) atoms. The van der Waals surface area contributed by atoms with Gasteiger partial charge in [0.15, 0.2) is 5.82 Å². The van der Waals surface area contributed by atoms with E-state index in [-0.39, 0.29) is 12.3 Å². The first kappa shape index (κ1) is 14.4. The van der Waals surface area contributed by atoms with Crippen molar-refractivity contribution in [3.8, 4) is 11.4 Å². The fraction of sp³-hybridized carbons (Fsp3) is 0.200. The fourth-order valence-corrected chi connectivity index (χ4v) is 2.66. The minimum absolute atomic E-state index is 0.162. The summed E-state index contributed by atoms with van der Waals surface area (Å²) in [7, 11) is 0. The van der Waals surface area contributed by atoms with Gasteiger partial charge in [0.05, 0.1) is 12.1 Å². The van der Waals surface area contributed by atoms with Crippen LogP contribution in [-0.4, -0.2) is 20.4 Å². The van der Waals surface area contributed by atoms with Crippen molar-refractivity contribution in [2.24, 2.45) is 0 Å². The molecular formula is C15H14N4O2S. The molecule has 0 radical (unpaired) electrons. The maximum Gasteiger partial charge on any atom is 0.230 e. The summed E-state index contributed by atoms with van der Waals surface area (Å²) in [6, 6.07) is 9.63. The molecule has 3 rings (SSSR count). The van der Waals surface area contributed by atoms with Crippen molar-refractivity contribution in [1.29, 1.82) is 0 Å². The molecule has 2 heterocycles. The number of carbonyl (C=O) groups is 1. The largest absolute Gasteiger partial charge is 0.361 e. The summed E-state index contributed by atoms with van der Waals surface area (Å²) in [5.41, 5.74) is 2.46. The van der Waals surface area contributed by atoms with E-state index in [0.717, 1.165) is 28.4 Å². The standard InChI is InChI=1S/C15H14N4O2S/c1-9-12(10(2)21-18-9)8-13(20)16-15-17-14(19-22-15)11-6-4-3-5-7-11/h3-7H,8H2,1-2H3,(H,16,17,19,20). The molecular weight excluding hydrogens is 300 g/mol. The van der Waals surface area contributed by atoms with E-state index in [1.54, 1.807) is 6.92 Å². The first-order chi connectivity index (χ1) is 10.6. The number of anilines is 1. The summed E-state index contributed by atoms with van der Waals surface area (Å²) in [6.45, 7) is 3.61. The zero-order valence-electron chi connectivity index (χ0n) is 12.2. The van der Waals surface area contributed by atoms with Crippen molar-refractivity contribution < 1.29 is 9.32 Å². The maximum absolute atomic E-state index is 12.1. The number of hydrogen-bond donors (Lipinski definition) is 1. The van der Waals surface area contributed by atoms with E-state index in [1.165, 1.54) is 0 Å². The van der Waals surface area contributed by atoms with E-state index in [0.29, 0.717) is 16.7 Å². The Morgan fingerprint density at radius 1 is 1.27 bits per heavy atom. The van der Waals surface area contributed by atoms with Crippen LogP contribution in [0.2, 0.25) is 0 Å². The molecule has 0 fully saturated rings. The normalized spacial score (nSPS) is 10.6. The highest BCUT2D eigenvalue weighted by Gasteiger charge is 2.15. The van der Waals surface area contributed by atoms with E-state index in [2.05, 4.69) is 19.8 Å². The molecule has 1 N–H and O–H groups in total. The van der Waals surface area contributed by atoms with E-state index in [9.17, 15) is 4.79 Å². The van der Waals surface area contributed by atoms with Crippen LogP contribution in [0.4, 0.5) is 5.13 Å². The van der Waals surface area contributed by atoms with Crippen LogP contribution in [0.1, 0.15) is 17.0 Å². The van der Waals surface area contributed by atoms with Crippen LogP contribution < -0.4 is 5.32 Å². The lowest BCUT2D eigenvalue weighted by atomic mass is 10.1. The van der Waals surface area contributed by atoms with Crippen molar-refractivity contribution >= 4 is 22.6 Å². The van der Waals surface area contributed by atoms with Crippen LogP contribution in [0.3, 0.4) is 0 Å². The molecule has 2 aromatic heterocycles. The molecule has 0 spiro atoms. The van der Waals surface area contributed by atoms with Crippen molar-refractivity contribution in [2.75, 3.05) is 5.32 Å². The molecule has 0 aliphatic carbocycles. The van der Waals surface area contributed by atoms with Crippen molar-refractivity contribution in [3.63, 3.8) is 0 Å². The quantitative estimate of drug-likeness (QED) is 0.800. The van der Waals surface area contributed by atoms with Gasteiger partial charge in [-0.2, -0.15) is 9.36 Å². The van der Waals surface area contributed by atoms with Gasteiger partial charge in [-0.15, -0.1) is 0 Å². The Morgan fingerprint density at radius 3 is 2.73 bits per heavy atom. The molecule has 0 aliphatic rings. The molecule has 0 aliphatic heterocycles. The number of nitrogens with zero attached hydrogens (tertiary/aromatic N) is 3. The minimum Gasteiger partial charge on any atom is -0.361 e. The molecule has 0 unspecified atom stereocenters. The van der Waals surface area contributed by atoms with Gasteiger partial charge in [-0.25, -0.2) is 0 Å². The molecule has 0 saturated heterocycles. The number of aryl methyl sites for hydroxylation is 2. The highest BCUT2D eigenvalue weighted by Crippen LogP contribution is 2.21. The number of nitrogens with one attached hydrogen (secondary N) is 1. The summed E-state index contributed by atoms with van der Waals surface area (Å²) >= 11 is 1.16. The van der Waals surface area contributed by atoms with Gasteiger partial charge in [-0.1, -0.05) is 35.5 Å². The Bertz CT molecular complexity index is 775. The van der Waals surface area contributed by atoms with Crippen molar-refractivity contribution in [3.05, 3.63) is 47.3 Å².